The molecule has 4 aliphatic rings. The smallest absolute Gasteiger partial charge is 0.251 e. The molecule has 4 heterocycles. The van der Waals surface area contributed by atoms with Crippen molar-refractivity contribution < 1.29 is 13.2 Å². The third-order valence-electron chi connectivity index (χ3n) is 8.50. The van der Waals surface area contributed by atoms with Crippen LogP contribution in [0.15, 0.2) is 30.7 Å². The second kappa shape index (κ2) is 7.41. The van der Waals surface area contributed by atoms with E-state index in [-0.39, 0.29) is 24.2 Å². The highest BCUT2D eigenvalue weighted by Gasteiger charge is 2.57. The molecule has 2 aromatic heterocycles. The molecule has 3 fully saturated rings. The summed E-state index contributed by atoms with van der Waals surface area (Å²) in [6.07, 6.45) is 4.11. The van der Waals surface area contributed by atoms with Crippen LogP contribution in [0.2, 0.25) is 5.02 Å². The Morgan fingerprint density at radius 3 is 2.58 bits per heavy atom. The van der Waals surface area contributed by atoms with Crippen LogP contribution in [-0.2, 0) is 13.1 Å². The highest BCUT2D eigenvalue weighted by atomic mass is 35.5. The molecule has 3 aromatic rings. The van der Waals surface area contributed by atoms with Crippen molar-refractivity contribution in [2.45, 2.75) is 63.1 Å². The fourth-order valence-corrected chi connectivity index (χ4v) is 7.03. The van der Waals surface area contributed by atoms with Crippen molar-refractivity contribution in [3.05, 3.63) is 58.8 Å². The first-order valence-corrected chi connectivity index (χ1v) is 12.6. The van der Waals surface area contributed by atoms with Crippen LogP contribution in [-0.4, -0.2) is 54.2 Å². The van der Waals surface area contributed by atoms with Gasteiger partial charge >= 0.3 is 0 Å². The van der Waals surface area contributed by atoms with Gasteiger partial charge in [0.25, 0.3) is 5.92 Å². The quantitative estimate of drug-likeness (QED) is 0.502. The first-order valence-electron chi connectivity index (χ1n) is 12.2. The molecule has 0 N–H and O–H groups in total. The molecule has 1 aromatic carbocycles. The molecular formula is C25H25ClF3N7. The van der Waals surface area contributed by atoms with Gasteiger partial charge in [0, 0.05) is 54.4 Å². The van der Waals surface area contributed by atoms with Crippen molar-refractivity contribution in [3.63, 3.8) is 0 Å². The van der Waals surface area contributed by atoms with Crippen molar-refractivity contribution in [2.75, 3.05) is 18.0 Å². The summed E-state index contributed by atoms with van der Waals surface area (Å²) in [7, 11) is 0. The second-order valence-electron chi connectivity index (χ2n) is 11.3. The molecule has 2 aliphatic heterocycles. The van der Waals surface area contributed by atoms with E-state index in [1.807, 2.05) is 30.0 Å². The fourth-order valence-electron chi connectivity index (χ4n) is 6.84. The average Bonchev–Trinajstić information content (AvgIpc) is 3.06. The molecule has 2 saturated carbocycles. The number of benzene rings is 1. The average molecular weight is 516 g/mol. The summed E-state index contributed by atoms with van der Waals surface area (Å²) in [6, 6.07) is 5.75. The predicted molar refractivity (Wildman–Crippen MR) is 127 cm³/mol. The minimum absolute atomic E-state index is 0.124. The number of fused-ring (bicyclic) bond motifs is 3. The van der Waals surface area contributed by atoms with Gasteiger partial charge in [-0.15, -0.1) is 10.2 Å². The van der Waals surface area contributed by atoms with E-state index in [2.05, 4.69) is 29.6 Å². The molecule has 1 spiro atoms. The van der Waals surface area contributed by atoms with E-state index >= 15 is 0 Å². The van der Waals surface area contributed by atoms with Crippen LogP contribution in [0, 0.1) is 11.2 Å². The van der Waals surface area contributed by atoms with Gasteiger partial charge in [0.1, 0.15) is 12.2 Å². The molecule has 7 nitrogen and oxygen atoms in total. The molecule has 2 aliphatic carbocycles. The summed E-state index contributed by atoms with van der Waals surface area (Å²) in [5.41, 5.74) is 1.47. The number of rotatable bonds is 3. The highest BCUT2D eigenvalue weighted by molar-refractivity contribution is 6.30. The first kappa shape index (κ1) is 22.5. The maximum atomic E-state index is 14.1. The van der Waals surface area contributed by atoms with Gasteiger partial charge in [-0.05, 0) is 43.5 Å². The van der Waals surface area contributed by atoms with Crippen LogP contribution in [0.4, 0.5) is 19.0 Å². The molecule has 0 unspecified atom stereocenters. The Labute approximate surface area is 211 Å². The zero-order valence-electron chi connectivity index (χ0n) is 19.8. The van der Waals surface area contributed by atoms with Crippen LogP contribution in [0.3, 0.4) is 0 Å². The van der Waals surface area contributed by atoms with E-state index in [0.717, 1.165) is 48.8 Å². The Balaban J connectivity index is 1.15. The van der Waals surface area contributed by atoms with E-state index in [1.54, 1.807) is 0 Å². The molecule has 36 heavy (non-hydrogen) atoms. The van der Waals surface area contributed by atoms with Crippen LogP contribution in [0.1, 0.15) is 55.7 Å². The summed E-state index contributed by atoms with van der Waals surface area (Å²) in [5.74, 6) is -0.774. The van der Waals surface area contributed by atoms with Gasteiger partial charge in [-0.3, -0.25) is 9.47 Å². The number of hydrogen-bond acceptors (Lipinski definition) is 6. The van der Waals surface area contributed by atoms with E-state index in [1.165, 1.54) is 12.5 Å². The molecule has 7 rings (SSSR count). The number of anilines is 1. The minimum atomic E-state index is -2.62. The SMILES string of the molecule is CC1(N2Cc3cc(Cl)ccc3-n3c(nnc3C3CC4(C3)CN(c3ncncc3F)C4)C2)CC(F)(F)C1. The number of alkyl halides is 2. The Bertz CT molecular complexity index is 1350. The molecular weight excluding hydrogens is 491 g/mol. The van der Waals surface area contributed by atoms with Crippen LogP contribution in [0.25, 0.3) is 5.69 Å². The fraction of sp³-hybridized carbons (Fsp3) is 0.520. The maximum absolute atomic E-state index is 14.1. The Morgan fingerprint density at radius 2 is 1.86 bits per heavy atom. The summed E-state index contributed by atoms with van der Waals surface area (Å²) < 4.78 is 43.9. The lowest BCUT2D eigenvalue weighted by Gasteiger charge is -2.59. The maximum Gasteiger partial charge on any atom is 0.251 e. The largest absolute Gasteiger partial charge is 0.353 e. The van der Waals surface area contributed by atoms with E-state index in [0.29, 0.717) is 23.9 Å². The summed E-state index contributed by atoms with van der Waals surface area (Å²) in [4.78, 5) is 11.9. The summed E-state index contributed by atoms with van der Waals surface area (Å²) in [6.45, 7) is 4.39. The lowest BCUT2D eigenvalue weighted by Crippen LogP contribution is -2.62. The van der Waals surface area contributed by atoms with Gasteiger partial charge in [0.15, 0.2) is 17.5 Å². The van der Waals surface area contributed by atoms with Crippen molar-refractivity contribution in [3.8, 4) is 5.69 Å². The zero-order chi connectivity index (χ0) is 24.9. The number of aromatic nitrogens is 5. The second-order valence-corrected chi connectivity index (χ2v) is 11.7. The molecule has 0 bridgehead atoms. The van der Waals surface area contributed by atoms with E-state index in [9.17, 15) is 13.2 Å². The molecule has 0 atom stereocenters. The van der Waals surface area contributed by atoms with Gasteiger partial charge < -0.3 is 4.90 Å². The minimum Gasteiger partial charge on any atom is -0.353 e. The number of nitrogens with zero attached hydrogens (tertiary/aromatic N) is 7. The van der Waals surface area contributed by atoms with Crippen LogP contribution in [0.5, 0.6) is 0 Å². The van der Waals surface area contributed by atoms with Crippen LogP contribution < -0.4 is 4.90 Å². The van der Waals surface area contributed by atoms with Gasteiger partial charge in [0.05, 0.1) is 18.4 Å². The Hall–Kier alpha value is -2.72. The third kappa shape index (κ3) is 3.37. The number of halogens is 4. The first-order chi connectivity index (χ1) is 17.1. The van der Waals surface area contributed by atoms with Crippen molar-refractivity contribution in [1.29, 1.82) is 0 Å². The normalized spacial score (nSPS) is 23.8. The van der Waals surface area contributed by atoms with Gasteiger partial charge in [-0.25, -0.2) is 23.1 Å². The van der Waals surface area contributed by atoms with Gasteiger partial charge in [-0.1, -0.05) is 11.6 Å². The Morgan fingerprint density at radius 1 is 1.08 bits per heavy atom. The van der Waals surface area contributed by atoms with E-state index < -0.39 is 17.3 Å². The lowest BCUT2D eigenvalue weighted by atomic mass is 9.57. The van der Waals surface area contributed by atoms with Crippen molar-refractivity contribution in [2.24, 2.45) is 5.41 Å². The monoisotopic (exact) mass is 515 g/mol. The lowest BCUT2D eigenvalue weighted by molar-refractivity contribution is -0.173. The zero-order valence-corrected chi connectivity index (χ0v) is 20.5. The Kier molecular flexibility index (Phi) is 4.63. The summed E-state index contributed by atoms with van der Waals surface area (Å²) >= 11 is 6.35. The highest BCUT2D eigenvalue weighted by Crippen LogP contribution is 2.57. The molecule has 188 valence electrons. The molecule has 0 amide bonds. The number of hydrogen-bond donors (Lipinski definition) is 0. The molecule has 0 radical (unpaired) electrons. The molecule has 1 saturated heterocycles. The third-order valence-corrected chi connectivity index (χ3v) is 8.73. The van der Waals surface area contributed by atoms with Crippen molar-refractivity contribution in [1.82, 2.24) is 29.6 Å². The topological polar surface area (TPSA) is 63.0 Å². The van der Waals surface area contributed by atoms with Gasteiger partial charge in [-0.2, -0.15) is 0 Å². The predicted octanol–water partition coefficient (Wildman–Crippen LogP) is 4.74. The standard InChI is InChI=1S/C25H25ClF3N7/c1-23(10-25(28,29)11-23)35-8-15-4-17(26)2-3-19(15)36-20(9-35)32-33-21(36)16-5-24(6-16)12-34(13-24)22-18(27)7-30-14-31-22/h2-4,7,14,16H,5-6,8-13H2,1H3. The van der Waals surface area contributed by atoms with Gasteiger partial charge in [0.2, 0.25) is 0 Å². The molecule has 11 heteroatoms. The summed E-state index contributed by atoms with van der Waals surface area (Å²) in [5, 5.41) is 9.75. The van der Waals surface area contributed by atoms with E-state index in [4.69, 9.17) is 11.6 Å². The van der Waals surface area contributed by atoms with Crippen LogP contribution >= 0.6 is 11.6 Å². The van der Waals surface area contributed by atoms with Crippen molar-refractivity contribution >= 4 is 17.4 Å².